The van der Waals surface area contributed by atoms with E-state index in [0.29, 0.717) is 6.04 Å². The Labute approximate surface area is 151 Å². The number of rotatable bonds is 7. The van der Waals surface area contributed by atoms with Crippen LogP contribution >= 0.6 is 11.8 Å². The monoisotopic (exact) mass is 354 g/mol. The maximum Gasteiger partial charge on any atom is 0.191 e. The third kappa shape index (κ3) is 5.97. The molecule has 2 saturated heterocycles. The van der Waals surface area contributed by atoms with E-state index in [2.05, 4.69) is 35.3 Å². The fourth-order valence-corrected chi connectivity index (χ4v) is 4.12. The van der Waals surface area contributed by atoms with Crippen LogP contribution in [0, 0.1) is 0 Å². The molecule has 0 radical (unpaired) electrons. The molecule has 0 aromatic carbocycles. The highest BCUT2D eigenvalue weighted by molar-refractivity contribution is 8.00. The summed E-state index contributed by atoms with van der Waals surface area (Å²) in [5.41, 5.74) is 0. The topological polar surface area (TPSA) is 48.9 Å². The fraction of sp³-hybridized carbons (Fsp3) is 0.833. The Kier molecular flexibility index (Phi) is 8.42. The minimum atomic E-state index is 0.244. The molecule has 0 aromatic heterocycles. The number of nitrogens with one attached hydrogen (secondary N) is 2. The molecule has 0 amide bonds. The van der Waals surface area contributed by atoms with Crippen molar-refractivity contribution in [3.8, 4) is 0 Å². The summed E-state index contributed by atoms with van der Waals surface area (Å²) in [6.45, 7) is 12.7. The van der Waals surface area contributed by atoms with Gasteiger partial charge in [0, 0.05) is 50.2 Å². The molecule has 0 saturated carbocycles. The SMILES string of the molecule is C=CCN1CCC(NC(=NCC2(SC)CCOCC2)NCC)CC1. The molecule has 0 unspecified atom stereocenters. The molecule has 2 aliphatic rings. The third-order valence-electron chi connectivity index (χ3n) is 5.02. The molecule has 138 valence electrons. The molecule has 2 heterocycles. The van der Waals surface area contributed by atoms with Gasteiger partial charge in [0.1, 0.15) is 0 Å². The number of piperidine rings is 1. The van der Waals surface area contributed by atoms with E-state index in [-0.39, 0.29) is 4.75 Å². The molecule has 2 rings (SSSR count). The zero-order valence-corrected chi connectivity index (χ0v) is 16.2. The van der Waals surface area contributed by atoms with Gasteiger partial charge in [0.2, 0.25) is 0 Å². The molecule has 0 bridgehead atoms. The van der Waals surface area contributed by atoms with Crippen molar-refractivity contribution in [1.82, 2.24) is 15.5 Å². The highest BCUT2D eigenvalue weighted by Gasteiger charge is 2.31. The van der Waals surface area contributed by atoms with Crippen LogP contribution in [0.2, 0.25) is 0 Å². The summed E-state index contributed by atoms with van der Waals surface area (Å²) in [5.74, 6) is 0.972. The first-order chi connectivity index (χ1) is 11.7. The number of hydrogen-bond acceptors (Lipinski definition) is 4. The van der Waals surface area contributed by atoms with Crippen LogP contribution in [0.25, 0.3) is 0 Å². The average Bonchev–Trinajstić information content (AvgIpc) is 2.62. The van der Waals surface area contributed by atoms with Crippen LogP contribution in [0.15, 0.2) is 17.6 Å². The van der Waals surface area contributed by atoms with Crippen LogP contribution in [0.1, 0.15) is 32.6 Å². The second-order valence-electron chi connectivity index (χ2n) is 6.70. The third-order valence-corrected chi connectivity index (χ3v) is 6.43. The summed E-state index contributed by atoms with van der Waals surface area (Å²) in [4.78, 5) is 7.38. The van der Waals surface area contributed by atoms with E-state index in [9.17, 15) is 0 Å². The number of thioether (sulfide) groups is 1. The molecule has 24 heavy (non-hydrogen) atoms. The molecular formula is C18H34N4OS. The van der Waals surface area contributed by atoms with Gasteiger partial charge in [0.05, 0.1) is 6.54 Å². The summed E-state index contributed by atoms with van der Waals surface area (Å²) in [6.07, 6.45) is 8.72. The molecule has 2 fully saturated rings. The van der Waals surface area contributed by atoms with Crippen molar-refractivity contribution in [2.75, 3.05) is 52.2 Å². The minimum Gasteiger partial charge on any atom is -0.381 e. The summed E-state index contributed by atoms with van der Waals surface area (Å²) >= 11 is 1.95. The Hall–Kier alpha value is -0.720. The predicted molar refractivity (Wildman–Crippen MR) is 105 cm³/mol. The molecule has 5 nitrogen and oxygen atoms in total. The summed E-state index contributed by atoms with van der Waals surface area (Å²) < 4.78 is 5.77. The van der Waals surface area contributed by atoms with Crippen molar-refractivity contribution in [3.05, 3.63) is 12.7 Å². The molecule has 6 heteroatoms. The largest absolute Gasteiger partial charge is 0.381 e. The van der Waals surface area contributed by atoms with Crippen LogP contribution in [0.4, 0.5) is 0 Å². The van der Waals surface area contributed by atoms with E-state index in [1.165, 1.54) is 12.8 Å². The zero-order valence-electron chi connectivity index (χ0n) is 15.4. The van der Waals surface area contributed by atoms with Crippen LogP contribution in [0.3, 0.4) is 0 Å². The van der Waals surface area contributed by atoms with E-state index in [0.717, 1.165) is 64.7 Å². The Morgan fingerprint density at radius 2 is 2.08 bits per heavy atom. The lowest BCUT2D eigenvalue weighted by atomic mass is 9.99. The van der Waals surface area contributed by atoms with E-state index in [4.69, 9.17) is 9.73 Å². The molecular weight excluding hydrogens is 320 g/mol. The van der Waals surface area contributed by atoms with Gasteiger partial charge in [-0.2, -0.15) is 11.8 Å². The fourth-order valence-electron chi connectivity index (χ4n) is 3.35. The average molecular weight is 355 g/mol. The number of hydrogen-bond donors (Lipinski definition) is 2. The standard InChI is InChI=1S/C18H34N4OS/c1-4-10-22-11-6-16(7-12-22)21-17(19-5-2)20-15-18(24-3)8-13-23-14-9-18/h4,16H,1,5-15H2,2-3H3,(H2,19,20,21). The first-order valence-corrected chi connectivity index (χ1v) is 10.4. The van der Waals surface area contributed by atoms with E-state index in [1.807, 2.05) is 17.8 Å². The van der Waals surface area contributed by atoms with Gasteiger partial charge in [0.15, 0.2) is 5.96 Å². The van der Waals surface area contributed by atoms with Gasteiger partial charge in [-0.1, -0.05) is 6.08 Å². The Morgan fingerprint density at radius 1 is 1.38 bits per heavy atom. The van der Waals surface area contributed by atoms with Crippen molar-refractivity contribution in [1.29, 1.82) is 0 Å². The first-order valence-electron chi connectivity index (χ1n) is 9.22. The van der Waals surface area contributed by atoms with Crippen molar-refractivity contribution in [3.63, 3.8) is 0 Å². The van der Waals surface area contributed by atoms with Gasteiger partial charge < -0.3 is 15.4 Å². The quantitative estimate of drug-likeness (QED) is 0.417. The smallest absolute Gasteiger partial charge is 0.191 e. The maximum absolute atomic E-state index is 5.53. The number of guanidine groups is 1. The highest BCUT2D eigenvalue weighted by Crippen LogP contribution is 2.33. The Morgan fingerprint density at radius 3 is 2.67 bits per heavy atom. The normalized spacial score (nSPS) is 23.0. The zero-order chi connectivity index (χ0) is 17.3. The lowest BCUT2D eigenvalue weighted by Gasteiger charge is -2.35. The molecule has 0 spiro atoms. The number of aliphatic imine (C=N–C) groups is 1. The molecule has 0 aliphatic carbocycles. The van der Waals surface area contributed by atoms with Gasteiger partial charge in [0.25, 0.3) is 0 Å². The van der Waals surface area contributed by atoms with Gasteiger partial charge in [-0.3, -0.25) is 9.89 Å². The van der Waals surface area contributed by atoms with Gasteiger partial charge in [-0.25, -0.2) is 0 Å². The molecule has 0 aromatic rings. The van der Waals surface area contributed by atoms with E-state index < -0.39 is 0 Å². The lowest BCUT2D eigenvalue weighted by Crippen LogP contribution is -2.49. The summed E-state index contributed by atoms with van der Waals surface area (Å²) in [5, 5.41) is 7.06. The van der Waals surface area contributed by atoms with Crippen LogP contribution in [-0.2, 0) is 4.74 Å². The highest BCUT2D eigenvalue weighted by atomic mass is 32.2. The van der Waals surface area contributed by atoms with Crippen molar-refractivity contribution in [2.45, 2.75) is 43.4 Å². The van der Waals surface area contributed by atoms with Gasteiger partial charge >= 0.3 is 0 Å². The van der Waals surface area contributed by atoms with Crippen LogP contribution < -0.4 is 10.6 Å². The molecule has 2 aliphatic heterocycles. The van der Waals surface area contributed by atoms with Crippen LogP contribution in [-0.4, -0.2) is 73.8 Å². The Balaban J connectivity index is 1.87. The summed E-state index contributed by atoms with van der Waals surface area (Å²) in [7, 11) is 0. The van der Waals surface area contributed by atoms with Crippen molar-refractivity contribution < 1.29 is 4.74 Å². The Bertz CT molecular complexity index is 402. The van der Waals surface area contributed by atoms with E-state index >= 15 is 0 Å². The predicted octanol–water partition coefficient (Wildman–Crippen LogP) is 2.10. The van der Waals surface area contributed by atoms with Crippen molar-refractivity contribution >= 4 is 17.7 Å². The maximum atomic E-state index is 5.53. The van der Waals surface area contributed by atoms with Crippen LogP contribution in [0.5, 0.6) is 0 Å². The number of nitrogens with zero attached hydrogens (tertiary/aromatic N) is 2. The lowest BCUT2D eigenvalue weighted by molar-refractivity contribution is 0.0794. The second-order valence-corrected chi connectivity index (χ2v) is 7.98. The van der Waals surface area contributed by atoms with Gasteiger partial charge in [-0.05, 0) is 38.9 Å². The minimum absolute atomic E-state index is 0.244. The second kappa shape index (κ2) is 10.3. The van der Waals surface area contributed by atoms with Gasteiger partial charge in [-0.15, -0.1) is 6.58 Å². The summed E-state index contributed by atoms with van der Waals surface area (Å²) in [6, 6.07) is 0.517. The number of ether oxygens (including phenoxy) is 1. The molecule has 2 N–H and O–H groups in total. The molecule has 0 atom stereocenters. The first kappa shape index (κ1) is 19.6. The number of likely N-dealkylation sites (tertiary alicyclic amines) is 1. The van der Waals surface area contributed by atoms with Crippen molar-refractivity contribution in [2.24, 2.45) is 4.99 Å². The van der Waals surface area contributed by atoms with E-state index in [1.54, 1.807) is 0 Å².